The number of anilines is 2. The molecule has 2 aromatic carbocycles. The van der Waals surface area contributed by atoms with Crippen LogP contribution in [0.25, 0.3) is 21.8 Å². The van der Waals surface area contributed by atoms with E-state index in [0.717, 1.165) is 71.5 Å². The van der Waals surface area contributed by atoms with Crippen molar-refractivity contribution in [1.29, 1.82) is 0 Å². The van der Waals surface area contributed by atoms with Gasteiger partial charge in [-0.1, -0.05) is 41.5 Å². The molecule has 0 radical (unpaired) electrons. The zero-order valence-corrected chi connectivity index (χ0v) is 33.5. The van der Waals surface area contributed by atoms with Crippen molar-refractivity contribution < 1.29 is 34.4 Å². The minimum absolute atomic E-state index is 0.00322. The van der Waals surface area contributed by atoms with E-state index in [2.05, 4.69) is 63.2 Å². The topological polar surface area (TPSA) is 184 Å². The number of hydrogen-bond acceptors (Lipinski definition) is 11. The summed E-state index contributed by atoms with van der Waals surface area (Å²) < 4.78 is 10.9. The normalized spacial score (nSPS) is 20.9. The van der Waals surface area contributed by atoms with Gasteiger partial charge in [0.1, 0.15) is 28.6 Å². The molecule has 13 heteroatoms. The van der Waals surface area contributed by atoms with E-state index in [0.29, 0.717) is 18.4 Å². The molecule has 2 fully saturated rings. The van der Waals surface area contributed by atoms with Crippen molar-refractivity contribution in [3.63, 3.8) is 0 Å². The van der Waals surface area contributed by atoms with Crippen LogP contribution in [0.2, 0.25) is 0 Å². The molecule has 1 amide bonds. The summed E-state index contributed by atoms with van der Waals surface area (Å²) in [5.74, 6) is 0.876. The standard InChI is InChI=1S/C21H29N3O3.C16H21N3O.C5H10O3/c1-13(2)20(25)21(26)23-15-10-14(3)11-24(12-15)17-7-8-18(27-4)19-16(17)6-5-9-22-19;1-11-8-12(17)10-19(9-11)14-5-6-15(20-2)16-13(14)4-3-7-18-16;1-3(2)4(6)5(7)8/h5-9,13-15,20,25H,10-12H2,1-4H3,(H,23,26);3-7,11-12H,8-10,17H2,1-2H3;3-4,6H,1-2H3,(H,7,8)/t14-,15+,20-;11-,12+;4-/m000/s1. The molecule has 55 heavy (non-hydrogen) atoms. The number of carboxylic acids is 1. The second kappa shape index (κ2) is 19.7. The van der Waals surface area contributed by atoms with Crippen molar-refractivity contribution in [3.05, 3.63) is 60.9 Å². The Morgan fingerprint density at radius 2 is 1.22 bits per heavy atom. The lowest BCUT2D eigenvalue weighted by atomic mass is 9.94. The number of aliphatic hydroxyl groups is 2. The maximum Gasteiger partial charge on any atom is 0.332 e. The Kier molecular flexibility index (Phi) is 15.4. The number of carboxylic acid groups (broad SMARTS) is 1. The number of carbonyl (C=O) groups excluding carboxylic acids is 1. The van der Waals surface area contributed by atoms with Gasteiger partial charge in [-0.2, -0.15) is 0 Å². The lowest BCUT2D eigenvalue weighted by Gasteiger charge is -2.39. The number of nitrogens with one attached hydrogen (secondary N) is 1. The van der Waals surface area contributed by atoms with Crippen LogP contribution in [-0.4, -0.2) is 102 Å². The molecule has 0 aliphatic carbocycles. The van der Waals surface area contributed by atoms with Crippen molar-refractivity contribution in [2.24, 2.45) is 29.4 Å². The molecule has 13 nitrogen and oxygen atoms in total. The molecule has 6 atom stereocenters. The van der Waals surface area contributed by atoms with E-state index < -0.39 is 18.2 Å². The maximum absolute atomic E-state index is 12.3. The molecule has 0 spiro atoms. The molecule has 2 aromatic heterocycles. The summed E-state index contributed by atoms with van der Waals surface area (Å²) >= 11 is 0. The van der Waals surface area contributed by atoms with E-state index in [4.69, 9.17) is 25.4 Å². The first-order valence-electron chi connectivity index (χ1n) is 19.1. The Bertz CT molecular complexity index is 1860. The largest absolute Gasteiger partial charge is 0.494 e. The van der Waals surface area contributed by atoms with Crippen LogP contribution in [0.15, 0.2) is 60.9 Å². The minimum atomic E-state index is -1.21. The van der Waals surface area contributed by atoms with Crippen molar-refractivity contribution in [2.75, 3.05) is 50.2 Å². The molecule has 4 aromatic rings. The number of nitrogens with two attached hydrogens (primary N) is 1. The molecule has 4 heterocycles. The van der Waals surface area contributed by atoms with E-state index in [1.165, 1.54) is 5.69 Å². The summed E-state index contributed by atoms with van der Waals surface area (Å²) in [5, 5.41) is 31.9. The van der Waals surface area contributed by atoms with Crippen LogP contribution in [-0.2, 0) is 9.59 Å². The van der Waals surface area contributed by atoms with Crippen molar-refractivity contribution in [1.82, 2.24) is 15.3 Å². The molecule has 6 rings (SSSR count). The monoisotopic (exact) mass is 760 g/mol. The van der Waals surface area contributed by atoms with Crippen molar-refractivity contribution in [3.8, 4) is 11.5 Å². The van der Waals surface area contributed by atoms with Gasteiger partial charge in [-0.05, 0) is 85.0 Å². The predicted molar refractivity (Wildman–Crippen MR) is 218 cm³/mol. The number of fused-ring (bicyclic) bond motifs is 2. The summed E-state index contributed by atoms with van der Waals surface area (Å²) in [6, 6.07) is 16.4. The summed E-state index contributed by atoms with van der Waals surface area (Å²) in [7, 11) is 3.33. The fourth-order valence-electron chi connectivity index (χ4n) is 7.27. The van der Waals surface area contributed by atoms with Crippen LogP contribution in [0.5, 0.6) is 11.5 Å². The van der Waals surface area contributed by atoms with E-state index in [1.54, 1.807) is 40.5 Å². The Morgan fingerprint density at radius 3 is 1.64 bits per heavy atom. The number of aliphatic hydroxyl groups excluding tert-OH is 2. The second-order valence-electron chi connectivity index (χ2n) is 15.5. The van der Waals surface area contributed by atoms with Crippen LogP contribution < -0.4 is 30.3 Å². The Hall–Kier alpha value is -4.72. The van der Waals surface area contributed by atoms with E-state index in [9.17, 15) is 14.7 Å². The molecule has 2 aliphatic heterocycles. The molecule has 2 saturated heterocycles. The summed E-state index contributed by atoms with van der Waals surface area (Å²) in [6.07, 6.45) is 3.39. The number of benzene rings is 2. The molecule has 300 valence electrons. The number of aromatic nitrogens is 2. The highest BCUT2D eigenvalue weighted by atomic mass is 16.5. The number of piperidine rings is 2. The zero-order valence-electron chi connectivity index (χ0n) is 33.5. The zero-order chi connectivity index (χ0) is 40.4. The van der Waals surface area contributed by atoms with Gasteiger partial charge in [0, 0.05) is 72.8 Å². The molecule has 0 saturated carbocycles. The van der Waals surface area contributed by atoms with Gasteiger partial charge in [0.2, 0.25) is 5.91 Å². The first-order valence-corrected chi connectivity index (χ1v) is 19.1. The van der Waals surface area contributed by atoms with Gasteiger partial charge in [0.05, 0.1) is 14.2 Å². The first kappa shape index (κ1) is 43.0. The van der Waals surface area contributed by atoms with Gasteiger partial charge < -0.3 is 45.6 Å². The molecule has 0 bridgehead atoms. The summed E-state index contributed by atoms with van der Waals surface area (Å²) in [6.45, 7) is 15.0. The number of aliphatic carboxylic acids is 1. The highest BCUT2D eigenvalue weighted by molar-refractivity contribution is 5.96. The average molecular weight is 761 g/mol. The smallest absolute Gasteiger partial charge is 0.332 e. The van der Waals surface area contributed by atoms with Crippen molar-refractivity contribution >= 4 is 45.1 Å². The van der Waals surface area contributed by atoms with Crippen LogP contribution in [0, 0.1) is 23.7 Å². The van der Waals surface area contributed by atoms with Gasteiger partial charge in [-0.3, -0.25) is 14.8 Å². The molecular weight excluding hydrogens is 700 g/mol. The minimum Gasteiger partial charge on any atom is -0.494 e. The number of methoxy groups -OCH3 is 2. The van der Waals surface area contributed by atoms with Crippen LogP contribution >= 0.6 is 0 Å². The quantitative estimate of drug-likeness (QED) is 0.153. The number of pyridine rings is 2. The number of nitrogens with zero attached hydrogens (tertiary/aromatic N) is 4. The maximum atomic E-state index is 12.3. The number of amides is 1. The third kappa shape index (κ3) is 11.2. The van der Waals surface area contributed by atoms with Gasteiger partial charge in [0.25, 0.3) is 0 Å². The number of ether oxygens (including phenoxy) is 2. The Morgan fingerprint density at radius 1 is 0.745 bits per heavy atom. The van der Waals surface area contributed by atoms with Gasteiger partial charge in [0.15, 0.2) is 6.10 Å². The molecule has 2 aliphatic rings. The Balaban J connectivity index is 0.000000210. The third-order valence-corrected chi connectivity index (χ3v) is 10.0. The lowest BCUT2D eigenvalue weighted by Crippen LogP contribution is -2.53. The highest BCUT2D eigenvalue weighted by Crippen LogP contribution is 2.35. The molecule has 6 N–H and O–H groups in total. The number of rotatable bonds is 9. The predicted octanol–water partition coefficient (Wildman–Crippen LogP) is 5.10. The van der Waals surface area contributed by atoms with Gasteiger partial charge in [-0.15, -0.1) is 0 Å². The average Bonchev–Trinajstić information content (AvgIpc) is 3.16. The van der Waals surface area contributed by atoms with Crippen molar-refractivity contribution in [2.45, 2.75) is 78.7 Å². The lowest BCUT2D eigenvalue weighted by molar-refractivity contribution is -0.148. The second-order valence-corrected chi connectivity index (χ2v) is 15.5. The molecule has 0 unspecified atom stereocenters. The van der Waals surface area contributed by atoms with Crippen LogP contribution in [0.3, 0.4) is 0 Å². The number of hydrogen-bond donors (Lipinski definition) is 5. The fourth-order valence-corrected chi connectivity index (χ4v) is 7.27. The summed E-state index contributed by atoms with van der Waals surface area (Å²) in [5.41, 5.74) is 10.2. The first-order chi connectivity index (χ1) is 26.1. The van der Waals surface area contributed by atoms with Crippen LogP contribution in [0.1, 0.15) is 54.4 Å². The number of carbonyl (C=O) groups is 2. The SMILES string of the molecule is CC(C)[C@H](O)C(=O)O.COc1ccc(N2C[C@@H](C)C[C@@H](N)C2)c2cccnc12.COc1ccc(N2C[C@@H](C)C[C@@H](NC(=O)[C@@H](O)C(C)C)C2)c2cccnc12. The third-order valence-electron chi connectivity index (χ3n) is 10.0. The summed E-state index contributed by atoms with van der Waals surface area (Å²) in [4.78, 5) is 35.8. The van der Waals surface area contributed by atoms with Gasteiger partial charge in [-0.25, -0.2) is 4.79 Å². The Labute approximate surface area is 324 Å². The van der Waals surface area contributed by atoms with Gasteiger partial charge >= 0.3 is 5.97 Å². The van der Waals surface area contributed by atoms with E-state index in [1.807, 2.05) is 38.1 Å². The van der Waals surface area contributed by atoms with E-state index in [-0.39, 0.29) is 29.8 Å². The fraction of sp³-hybridized carbons (Fsp3) is 0.524. The highest BCUT2D eigenvalue weighted by Gasteiger charge is 2.30. The molecular formula is C42H60N6O7. The van der Waals surface area contributed by atoms with Crippen LogP contribution in [0.4, 0.5) is 11.4 Å². The van der Waals surface area contributed by atoms with E-state index >= 15 is 0 Å².